The molecule has 2 aromatic rings. The molecule has 0 aliphatic carbocycles. The predicted molar refractivity (Wildman–Crippen MR) is 111 cm³/mol. The first-order chi connectivity index (χ1) is 13.6. The minimum Gasteiger partial charge on any atom is -0.494 e. The van der Waals surface area contributed by atoms with Crippen LogP contribution >= 0.6 is 0 Å². The molecule has 156 valence electrons. The van der Waals surface area contributed by atoms with E-state index in [0.717, 1.165) is 10.6 Å². The molecule has 0 aliphatic rings. The SMILES string of the molecule is CCOc1ccc(N([C@H](C)C(=O)N/N=C(/C)c2ccc(F)cc2)S(C)(=O)=O)cc1. The summed E-state index contributed by atoms with van der Waals surface area (Å²) in [6.45, 7) is 5.45. The van der Waals surface area contributed by atoms with Crippen LogP contribution < -0.4 is 14.5 Å². The molecule has 0 spiro atoms. The Bertz CT molecular complexity index is 974. The molecule has 0 bridgehead atoms. The van der Waals surface area contributed by atoms with Gasteiger partial charge in [-0.3, -0.25) is 9.10 Å². The van der Waals surface area contributed by atoms with Gasteiger partial charge in [0.05, 0.1) is 24.3 Å². The number of ether oxygens (including phenoxy) is 1. The zero-order chi connectivity index (χ0) is 21.6. The molecule has 2 rings (SSSR count). The lowest BCUT2D eigenvalue weighted by Gasteiger charge is -2.27. The lowest BCUT2D eigenvalue weighted by atomic mass is 10.1. The molecule has 0 aromatic heterocycles. The van der Waals surface area contributed by atoms with E-state index in [9.17, 15) is 17.6 Å². The number of hydrogen-bond acceptors (Lipinski definition) is 5. The molecule has 0 heterocycles. The number of amides is 1. The minimum absolute atomic E-state index is 0.331. The number of nitrogens with one attached hydrogen (secondary N) is 1. The second-order valence-electron chi connectivity index (χ2n) is 6.34. The maximum absolute atomic E-state index is 13.0. The van der Waals surface area contributed by atoms with Gasteiger partial charge in [0.2, 0.25) is 10.0 Å². The Morgan fingerprint density at radius 2 is 1.76 bits per heavy atom. The Labute approximate surface area is 170 Å². The van der Waals surface area contributed by atoms with Crippen molar-refractivity contribution in [2.75, 3.05) is 17.2 Å². The van der Waals surface area contributed by atoms with Crippen LogP contribution in [-0.4, -0.2) is 38.9 Å². The van der Waals surface area contributed by atoms with Crippen LogP contribution in [0.25, 0.3) is 0 Å². The molecule has 0 radical (unpaired) electrons. The summed E-state index contributed by atoms with van der Waals surface area (Å²) in [5, 5.41) is 3.99. The van der Waals surface area contributed by atoms with Crippen molar-refractivity contribution in [3.63, 3.8) is 0 Å². The molecular formula is C20H24FN3O4S. The molecule has 0 fully saturated rings. The zero-order valence-electron chi connectivity index (χ0n) is 16.7. The molecule has 1 N–H and O–H groups in total. The van der Waals surface area contributed by atoms with Crippen molar-refractivity contribution >= 4 is 27.3 Å². The largest absolute Gasteiger partial charge is 0.494 e. The van der Waals surface area contributed by atoms with Gasteiger partial charge in [-0.15, -0.1) is 0 Å². The lowest BCUT2D eigenvalue weighted by Crippen LogP contribution is -2.46. The molecular weight excluding hydrogens is 397 g/mol. The van der Waals surface area contributed by atoms with Crippen LogP contribution in [0.4, 0.5) is 10.1 Å². The van der Waals surface area contributed by atoms with Crippen LogP contribution in [0, 0.1) is 5.82 Å². The van der Waals surface area contributed by atoms with E-state index in [-0.39, 0.29) is 5.82 Å². The third-order valence-corrected chi connectivity index (χ3v) is 5.33. The fourth-order valence-electron chi connectivity index (χ4n) is 2.65. The fourth-order valence-corrected chi connectivity index (χ4v) is 3.83. The number of hydrogen-bond donors (Lipinski definition) is 1. The molecule has 0 saturated heterocycles. The van der Waals surface area contributed by atoms with Crippen LogP contribution in [0.2, 0.25) is 0 Å². The second-order valence-corrected chi connectivity index (χ2v) is 8.20. The van der Waals surface area contributed by atoms with Crippen LogP contribution in [0.15, 0.2) is 53.6 Å². The lowest BCUT2D eigenvalue weighted by molar-refractivity contribution is -0.121. The second kappa shape index (κ2) is 9.51. The third kappa shape index (κ3) is 6.02. The first kappa shape index (κ1) is 22.4. The number of rotatable bonds is 8. The molecule has 7 nitrogen and oxygen atoms in total. The summed E-state index contributed by atoms with van der Waals surface area (Å²) >= 11 is 0. The topological polar surface area (TPSA) is 88.1 Å². The Hall–Kier alpha value is -2.94. The van der Waals surface area contributed by atoms with Crippen molar-refractivity contribution in [2.45, 2.75) is 26.8 Å². The summed E-state index contributed by atoms with van der Waals surface area (Å²) in [5.74, 6) is -0.384. The highest BCUT2D eigenvalue weighted by Gasteiger charge is 2.29. The van der Waals surface area contributed by atoms with Crippen molar-refractivity contribution in [2.24, 2.45) is 5.10 Å². The van der Waals surface area contributed by atoms with Gasteiger partial charge in [0.25, 0.3) is 5.91 Å². The Balaban J connectivity index is 2.20. The predicted octanol–water partition coefficient (Wildman–Crippen LogP) is 2.92. The first-order valence-electron chi connectivity index (χ1n) is 8.95. The monoisotopic (exact) mass is 421 g/mol. The van der Waals surface area contributed by atoms with Gasteiger partial charge < -0.3 is 4.74 Å². The zero-order valence-corrected chi connectivity index (χ0v) is 17.5. The van der Waals surface area contributed by atoms with Crippen molar-refractivity contribution in [1.82, 2.24) is 5.43 Å². The average molecular weight is 421 g/mol. The van der Waals surface area contributed by atoms with Gasteiger partial charge in [-0.1, -0.05) is 12.1 Å². The highest BCUT2D eigenvalue weighted by Crippen LogP contribution is 2.24. The molecule has 2 aromatic carbocycles. The number of halogens is 1. The molecule has 9 heteroatoms. The molecule has 0 unspecified atom stereocenters. The quantitative estimate of drug-likeness (QED) is 0.524. The smallest absolute Gasteiger partial charge is 0.263 e. The van der Waals surface area contributed by atoms with Gasteiger partial charge in [0.1, 0.15) is 17.6 Å². The number of benzene rings is 2. The van der Waals surface area contributed by atoms with Crippen molar-refractivity contribution in [3.05, 3.63) is 59.9 Å². The maximum atomic E-state index is 13.0. The van der Waals surface area contributed by atoms with Crippen molar-refractivity contribution in [1.29, 1.82) is 0 Å². The van der Waals surface area contributed by atoms with Gasteiger partial charge in [-0.2, -0.15) is 5.10 Å². The molecule has 29 heavy (non-hydrogen) atoms. The number of sulfonamides is 1. The minimum atomic E-state index is -3.74. The van der Waals surface area contributed by atoms with Gasteiger partial charge in [0, 0.05) is 0 Å². The van der Waals surface area contributed by atoms with E-state index < -0.39 is 22.0 Å². The van der Waals surface area contributed by atoms with Crippen molar-refractivity contribution < 1.29 is 22.3 Å². The van der Waals surface area contributed by atoms with E-state index in [1.807, 2.05) is 6.92 Å². The summed E-state index contributed by atoms with van der Waals surface area (Å²) in [5.41, 5.74) is 3.79. The Morgan fingerprint density at radius 1 is 1.17 bits per heavy atom. The van der Waals surface area contributed by atoms with Gasteiger partial charge in [0.15, 0.2) is 0 Å². The van der Waals surface area contributed by atoms with Crippen LogP contribution in [0.5, 0.6) is 5.75 Å². The van der Waals surface area contributed by atoms with Gasteiger partial charge >= 0.3 is 0 Å². The number of hydrazone groups is 1. The summed E-state index contributed by atoms with van der Waals surface area (Å²) in [6, 6.07) is 11.0. The number of carbonyl (C=O) groups excluding carboxylic acids is 1. The van der Waals surface area contributed by atoms with Gasteiger partial charge in [-0.25, -0.2) is 18.2 Å². The average Bonchev–Trinajstić information content (AvgIpc) is 2.67. The highest BCUT2D eigenvalue weighted by molar-refractivity contribution is 7.92. The molecule has 1 amide bonds. The third-order valence-electron chi connectivity index (χ3n) is 4.09. The van der Waals surface area contributed by atoms with Crippen LogP contribution in [0.1, 0.15) is 26.3 Å². The molecule has 0 aliphatic heterocycles. The van der Waals surface area contributed by atoms with Crippen LogP contribution in [-0.2, 0) is 14.8 Å². The molecule has 0 saturated carbocycles. The van der Waals surface area contributed by atoms with E-state index in [1.165, 1.54) is 31.2 Å². The first-order valence-corrected chi connectivity index (χ1v) is 10.8. The van der Waals surface area contributed by atoms with Crippen LogP contribution in [0.3, 0.4) is 0 Å². The summed E-state index contributed by atoms with van der Waals surface area (Å²) < 4.78 is 44.0. The van der Waals surface area contributed by atoms with E-state index in [2.05, 4.69) is 10.5 Å². The summed E-state index contributed by atoms with van der Waals surface area (Å²) in [6.07, 6.45) is 1.03. The number of anilines is 1. The normalized spacial score (nSPS) is 12.9. The van der Waals surface area contributed by atoms with E-state index >= 15 is 0 Å². The highest BCUT2D eigenvalue weighted by atomic mass is 32.2. The Morgan fingerprint density at radius 3 is 2.28 bits per heavy atom. The number of nitrogens with zero attached hydrogens (tertiary/aromatic N) is 2. The summed E-state index contributed by atoms with van der Waals surface area (Å²) in [7, 11) is -3.74. The fraction of sp³-hybridized carbons (Fsp3) is 0.300. The van der Waals surface area contributed by atoms with Gasteiger partial charge in [-0.05, 0) is 62.7 Å². The number of carbonyl (C=O) groups is 1. The van der Waals surface area contributed by atoms with E-state index in [4.69, 9.17) is 4.74 Å². The van der Waals surface area contributed by atoms with E-state index in [1.54, 1.807) is 31.2 Å². The maximum Gasteiger partial charge on any atom is 0.263 e. The Kier molecular flexibility index (Phi) is 7.33. The van der Waals surface area contributed by atoms with E-state index in [0.29, 0.717) is 29.3 Å². The summed E-state index contributed by atoms with van der Waals surface area (Å²) in [4.78, 5) is 12.6. The molecule has 1 atom stereocenters. The standard InChI is InChI=1S/C20H24FN3O4S/c1-5-28-19-12-10-18(11-13-19)24(29(4,26)27)15(3)20(25)23-22-14(2)16-6-8-17(21)9-7-16/h6-13,15H,5H2,1-4H3,(H,23,25)/b22-14-/t15-/m1/s1. The van der Waals surface area contributed by atoms with Crippen molar-refractivity contribution in [3.8, 4) is 5.75 Å².